The first-order valence-corrected chi connectivity index (χ1v) is 11.0. The maximum atomic E-state index is 10.9. The molecule has 2 aromatic carbocycles. The molecule has 0 atom stereocenters. The maximum absolute atomic E-state index is 10.9. The van der Waals surface area contributed by atoms with E-state index < -0.39 is 6.16 Å². The summed E-state index contributed by atoms with van der Waals surface area (Å²) in [6, 6.07) is 16.0. The van der Waals surface area contributed by atoms with Crippen LogP contribution >= 0.6 is 11.6 Å². The van der Waals surface area contributed by atoms with Crippen LogP contribution in [0, 0.1) is 0 Å². The number of nitrogens with zero attached hydrogens (tertiary/aromatic N) is 5. The van der Waals surface area contributed by atoms with Crippen LogP contribution in [0.5, 0.6) is 0 Å². The van der Waals surface area contributed by atoms with E-state index in [4.69, 9.17) is 21.4 Å². The minimum atomic E-state index is -1.35. The molecule has 0 unspecified atom stereocenters. The molecule has 0 spiro atoms. The molecule has 0 fully saturated rings. The largest absolute Gasteiger partial charge is 0.506 e. The molecule has 0 saturated carbocycles. The minimum Gasteiger partial charge on any atom is -0.450 e. The number of benzene rings is 2. The molecule has 0 saturated heterocycles. The lowest BCUT2D eigenvalue weighted by atomic mass is 9.98. The van der Waals surface area contributed by atoms with Crippen molar-refractivity contribution in [3.8, 4) is 22.5 Å². The molecule has 4 aromatic rings. The normalized spacial score (nSPS) is 11.0. The van der Waals surface area contributed by atoms with Gasteiger partial charge in [-0.25, -0.2) is 9.78 Å². The highest BCUT2D eigenvalue weighted by atomic mass is 35.5. The van der Waals surface area contributed by atoms with Crippen LogP contribution in [0.15, 0.2) is 48.5 Å². The molecule has 2 N–H and O–H groups in total. The molecule has 170 valence electrons. The van der Waals surface area contributed by atoms with Crippen LogP contribution in [0.2, 0.25) is 5.15 Å². The summed E-state index contributed by atoms with van der Waals surface area (Å²) >= 11 is 6.33. The molecule has 0 bridgehead atoms. The summed E-state index contributed by atoms with van der Waals surface area (Å²) in [6.07, 6.45) is 1.37. The molecule has 2 aromatic heterocycles. The highest BCUT2D eigenvalue weighted by Gasteiger charge is 2.18. The molecule has 2 heterocycles. The van der Waals surface area contributed by atoms with E-state index in [1.807, 2.05) is 53.1 Å². The van der Waals surface area contributed by atoms with Gasteiger partial charge in [-0.15, -0.1) is 10.2 Å². The zero-order valence-corrected chi connectivity index (χ0v) is 18.8. The van der Waals surface area contributed by atoms with Gasteiger partial charge in [0.05, 0.1) is 5.69 Å². The fraction of sp³-hybridized carbons (Fsp3) is 0.261. The Balaban J connectivity index is 1.62. The summed E-state index contributed by atoms with van der Waals surface area (Å²) in [4.78, 5) is 15.4. The van der Waals surface area contributed by atoms with E-state index in [1.165, 1.54) is 0 Å². The number of aromatic amines is 1. The van der Waals surface area contributed by atoms with Gasteiger partial charge < -0.3 is 14.4 Å². The highest BCUT2D eigenvalue weighted by Crippen LogP contribution is 2.30. The minimum absolute atomic E-state index is 0.149. The second kappa shape index (κ2) is 10.3. The molecule has 0 radical (unpaired) electrons. The van der Waals surface area contributed by atoms with Crippen LogP contribution < -0.4 is 0 Å². The summed E-state index contributed by atoms with van der Waals surface area (Å²) < 4.78 is 6.73. The number of nitrogens with one attached hydrogen (secondary N) is 1. The van der Waals surface area contributed by atoms with Crippen LogP contribution in [-0.4, -0.2) is 41.4 Å². The third kappa shape index (κ3) is 5.20. The Morgan fingerprint density at radius 1 is 1.15 bits per heavy atom. The number of tetrazole rings is 1. The topological polar surface area (TPSA) is 119 Å². The Morgan fingerprint density at radius 2 is 1.91 bits per heavy atom. The van der Waals surface area contributed by atoms with E-state index in [1.54, 1.807) is 0 Å². The number of ether oxygens (including phenoxy) is 1. The van der Waals surface area contributed by atoms with Crippen molar-refractivity contribution < 1.29 is 14.6 Å². The first-order chi connectivity index (χ1) is 16.1. The molecule has 0 aliphatic carbocycles. The van der Waals surface area contributed by atoms with Gasteiger partial charge in [0.1, 0.15) is 12.4 Å². The van der Waals surface area contributed by atoms with Crippen molar-refractivity contribution in [1.82, 2.24) is 30.2 Å². The molecule has 4 rings (SSSR count). The molecular formula is C23H23ClN6O3. The van der Waals surface area contributed by atoms with Crippen molar-refractivity contribution in [2.45, 2.75) is 39.3 Å². The SMILES string of the molecule is CCCCc1nc(Cl)c(COC(=O)O)n1Cc1ccc(-c2ccccc2-c2nn[nH]n2)cc1. The maximum Gasteiger partial charge on any atom is 0.506 e. The number of carboxylic acid groups (broad SMARTS) is 1. The number of halogens is 1. The molecule has 0 amide bonds. The molecular weight excluding hydrogens is 444 g/mol. The van der Waals surface area contributed by atoms with Gasteiger partial charge in [0.15, 0.2) is 5.15 Å². The highest BCUT2D eigenvalue weighted by molar-refractivity contribution is 6.30. The summed E-state index contributed by atoms with van der Waals surface area (Å²) in [5.41, 5.74) is 4.48. The standard InChI is InChI=1S/C23H23ClN6O3/c1-2-3-8-20-25-21(24)19(14-33-23(31)32)30(20)13-15-9-11-16(12-10-15)17-6-4-5-7-18(17)22-26-28-29-27-22/h4-7,9-12H,2-3,8,13-14H2,1H3,(H,31,32)(H,26,27,28,29). The van der Waals surface area contributed by atoms with Gasteiger partial charge in [0, 0.05) is 18.5 Å². The Hall–Kier alpha value is -3.72. The van der Waals surface area contributed by atoms with E-state index >= 15 is 0 Å². The van der Waals surface area contributed by atoms with E-state index in [-0.39, 0.29) is 11.8 Å². The number of hydrogen-bond donors (Lipinski definition) is 2. The van der Waals surface area contributed by atoms with Crippen molar-refractivity contribution in [1.29, 1.82) is 0 Å². The average molecular weight is 467 g/mol. The van der Waals surface area contributed by atoms with Gasteiger partial charge in [-0.05, 0) is 28.3 Å². The summed E-state index contributed by atoms with van der Waals surface area (Å²) in [5.74, 6) is 1.35. The van der Waals surface area contributed by atoms with Gasteiger partial charge in [-0.2, -0.15) is 5.21 Å². The lowest BCUT2D eigenvalue weighted by Crippen LogP contribution is -2.11. The number of unbranched alkanes of at least 4 members (excludes halogenated alkanes) is 1. The lowest BCUT2D eigenvalue weighted by Gasteiger charge is -2.13. The van der Waals surface area contributed by atoms with Gasteiger partial charge >= 0.3 is 6.16 Å². The van der Waals surface area contributed by atoms with Crippen LogP contribution in [-0.2, 0) is 24.3 Å². The molecule has 0 aliphatic rings. The summed E-state index contributed by atoms with van der Waals surface area (Å²) in [5, 5.41) is 23.5. The third-order valence-corrected chi connectivity index (χ3v) is 5.61. The average Bonchev–Trinajstić information content (AvgIpc) is 3.45. The van der Waals surface area contributed by atoms with Gasteiger partial charge in [0.25, 0.3) is 0 Å². The molecule has 0 aliphatic heterocycles. The monoisotopic (exact) mass is 466 g/mol. The quantitative estimate of drug-likeness (QED) is 0.334. The van der Waals surface area contributed by atoms with Gasteiger partial charge in [-0.1, -0.05) is 73.5 Å². The Bertz CT molecular complexity index is 1220. The van der Waals surface area contributed by atoms with E-state index in [9.17, 15) is 4.79 Å². The summed E-state index contributed by atoms with van der Waals surface area (Å²) in [6.45, 7) is 2.46. The Labute approximate surface area is 195 Å². The number of imidazole rings is 1. The predicted molar refractivity (Wildman–Crippen MR) is 123 cm³/mol. The smallest absolute Gasteiger partial charge is 0.450 e. The van der Waals surface area contributed by atoms with Crippen LogP contribution in [0.3, 0.4) is 0 Å². The number of carbonyl (C=O) groups is 1. The second-order valence-electron chi connectivity index (χ2n) is 7.49. The van der Waals surface area contributed by atoms with E-state index in [0.717, 1.165) is 47.3 Å². The zero-order chi connectivity index (χ0) is 23.2. The Kier molecular flexibility index (Phi) is 6.99. The first kappa shape index (κ1) is 22.5. The molecule has 9 nitrogen and oxygen atoms in total. The van der Waals surface area contributed by atoms with Crippen molar-refractivity contribution in [2.75, 3.05) is 0 Å². The molecule has 10 heteroatoms. The van der Waals surface area contributed by atoms with Crippen LogP contribution in [0.1, 0.15) is 36.8 Å². The zero-order valence-electron chi connectivity index (χ0n) is 18.0. The van der Waals surface area contributed by atoms with Crippen molar-refractivity contribution in [2.24, 2.45) is 0 Å². The van der Waals surface area contributed by atoms with E-state index in [0.29, 0.717) is 18.1 Å². The van der Waals surface area contributed by atoms with Crippen LogP contribution in [0.4, 0.5) is 4.79 Å². The van der Waals surface area contributed by atoms with Crippen molar-refractivity contribution in [3.05, 3.63) is 70.8 Å². The number of hydrogen-bond acceptors (Lipinski definition) is 6. The van der Waals surface area contributed by atoms with Gasteiger partial charge in [0.2, 0.25) is 5.82 Å². The number of rotatable bonds is 9. The summed E-state index contributed by atoms with van der Waals surface area (Å²) in [7, 11) is 0. The van der Waals surface area contributed by atoms with Crippen molar-refractivity contribution >= 4 is 17.8 Å². The number of aromatic nitrogens is 6. The fourth-order valence-electron chi connectivity index (χ4n) is 3.66. The Morgan fingerprint density at radius 3 is 2.58 bits per heavy atom. The van der Waals surface area contributed by atoms with Gasteiger partial charge in [-0.3, -0.25) is 0 Å². The number of H-pyrrole nitrogens is 1. The number of aryl methyl sites for hydroxylation is 1. The van der Waals surface area contributed by atoms with Crippen molar-refractivity contribution in [3.63, 3.8) is 0 Å². The fourth-order valence-corrected chi connectivity index (χ4v) is 3.92. The second-order valence-corrected chi connectivity index (χ2v) is 7.85. The predicted octanol–water partition coefficient (Wildman–Crippen LogP) is 4.97. The first-order valence-electron chi connectivity index (χ1n) is 10.6. The molecule has 33 heavy (non-hydrogen) atoms. The van der Waals surface area contributed by atoms with E-state index in [2.05, 4.69) is 32.5 Å². The van der Waals surface area contributed by atoms with Crippen LogP contribution in [0.25, 0.3) is 22.5 Å². The third-order valence-electron chi connectivity index (χ3n) is 5.31. The lowest BCUT2D eigenvalue weighted by molar-refractivity contribution is 0.0834.